The highest BCUT2D eigenvalue weighted by Gasteiger charge is 2.31. The average Bonchev–Trinajstić information content (AvgIpc) is 3.30. The normalized spacial score (nSPS) is 12.8. The molecule has 180 valence electrons. The Labute approximate surface area is 206 Å². The van der Waals surface area contributed by atoms with E-state index in [-0.39, 0.29) is 5.91 Å². The van der Waals surface area contributed by atoms with E-state index < -0.39 is 18.0 Å². The Kier molecular flexibility index (Phi) is 7.95. The van der Waals surface area contributed by atoms with E-state index in [1.807, 2.05) is 98.0 Å². The van der Waals surface area contributed by atoms with Gasteiger partial charge in [-0.05, 0) is 36.1 Å². The first-order valence-corrected chi connectivity index (χ1v) is 12.0. The third-order valence-electron chi connectivity index (χ3n) is 6.39. The van der Waals surface area contributed by atoms with Crippen LogP contribution in [-0.4, -0.2) is 40.3 Å². The van der Waals surface area contributed by atoms with Gasteiger partial charge in [0.15, 0.2) is 0 Å². The van der Waals surface area contributed by atoms with E-state index in [2.05, 4.69) is 10.3 Å². The van der Waals surface area contributed by atoms with Crippen LogP contribution in [0.1, 0.15) is 23.6 Å². The number of hydrogen-bond donors (Lipinski definition) is 3. The van der Waals surface area contributed by atoms with Gasteiger partial charge in [-0.1, -0.05) is 78.9 Å². The number of amides is 2. The Morgan fingerprint density at radius 3 is 2.23 bits per heavy atom. The van der Waals surface area contributed by atoms with Crippen LogP contribution in [-0.2, 0) is 29.0 Å². The summed E-state index contributed by atoms with van der Waals surface area (Å²) >= 11 is 0. The molecule has 0 saturated heterocycles. The summed E-state index contributed by atoms with van der Waals surface area (Å²) in [4.78, 5) is 31.3. The standard InChI is InChI=1S/C29H32N4O2/c1-21(31-19-23-12-6-3-7-13-23)29(35)33(17-16-22-10-4-2-5-11-22)27(28(30)34)18-24-20-32-26-15-9-8-14-25(24)26/h2-15,20-21,27,31-32H,16-19H2,1H3,(H2,30,34)/t21-,27+/m0/s1. The Morgan fingerprint density at radius 1 is 0.914 bits per heavy atom. The summed E-state index contributed by atoms with van der Waals surface area (Å²) in [5, 5.41) is 4.34. The largest absolute Gasteiger partial charge is 0.368 e. The highest BCUT2D eigenvalue weighted by atomic mass is 16.2. The molecule has 0 aliphatic heterocycles. The zero-order valence-electron chi connectivity index (χ0n) is 20.0. The minimum absolute atomic E-state index is 0.138. The summed E-state index contributed by atoms with van der Waals surface area (Å²) in [5.74, 6) is -0.646. The van der Waals surface area contributed by atoms with Crippen LogP contribution in [0.15, 0.2) is 91.1 Å². The smallest absolute Gasteiger partial charge is 0.240 e. The molecule has 6 nitrogen and oxygen atoms in total. The Balaban J connectivity index is 1.56. The van der Waals surface area contributed by atoms with E-state index in [9.17, 15) is 9.59 Å². The fraction of sp³-hybridized carbons (Fsp3) is 0.241. The van der Waals surface area contributed by atoms with Crippen molar-refractivity contribution in [1.82, 2.24) is 15.2 Å². The molecule has 35 heavy (non-hydrogen) atoms. The minimum Gasteiger partial charge on any atom is -0.368 e. The van der Waals surface area contributed by atoms with Gasteiger partial charge in [-0.25, -0.2) is 0 Å². The number of aromatic nitrogens is 1. The molecule has 0 fully saturated rings. The summed E-state index contributed by atoms with van der Waals surface area (Å²) in [5.41, 5.74) is 10.1. The highest BCUT2D eigenvalue weighted by molar-refractivity contribution is 5.90. The molecule has 1 heterocycles. The first-order valence-electron chi connectivity index (χ1n) is 12.0. The van der Waals surface area contributed by atoms with E-state index in [0.29, 0.717) is 25.9 Å². The molecular formula is C29H32N4O2. The van der Waals surface area contributed by atoms with Crippen molar-refractivity contribution >= 4 is 22.7 Å². The van der Waals surface area contributed by atoms with Crippen molar-refractivity contribution in [2.45, 2.75) is 38.4 Å². The van der Waals surface area contributed by atoms with Gasteiger partial charge in [0.05, 0.1) is 6.04 Å². The molecule has 0 radical (unpaired) electrons. The maximum atomic E-state index is 13.7. The summed E-state index contributed by atoms with van der Waals surface area (Å²) in [6.45, 7) is 2.80. The number of hydrogen-bond acceptors (Lipinski definition) is 3. The molecule has 0 spiro atoms. The van der Waals surface area contributed by atoms with Crippen molar-refractivity contribution in [3.8, 4) is 0 Å². The number of nitrogens with two attached hydrogens (primary N) is 1. The van der Waals surface area contributed by atoms with Crippen molar-refractivity contribution in [2.75, 3.05) is 6.54 Å². The lowest BCUT2D eigenvalue weighted by atomic mass is 10.0. The number of nitrogens with one attached hydrogen (secondary N) is 2. The van der Waals surface area contributed by atoms with Gasteiger partial charge in [-0.2, -0.15) is 0 Å². The van der Waals surface area contributed by atoms with E-state index in [1.54, 1.807) is 4.90 Å². The lowest BCUT2D eigenvalue weighted by molar-refractivity contribution is -0.140. The van der Waals surface area contributed by atoms with Crippen molar-refractivity contribution in [3.05, 3.63) is 108 Å². The number of nitrogens with zero attached hydrogens (tertiary/aromatic N) is 1. The van der Waals surface area contributed by atoms with Crippen molar-refractivity contribution in [2.24, 2.45) is 5.73 Å². The molecule has 4 aromatic rings. The van der Waals surface area contributed by atoms with Gasteiger partial charge in [-0.15, -0.1) is 0 Å². The molecule has 0 saturated carbocycles. The lowest BCUT2D eigenvalue weighted by Crippen LogP contribution is -2.54. The summed E-state index contributed by atoms with van der Waals surface area (Å²) < 4.78 is 0. The topological polar surface area (TPSA) is 91.2 Å². The maximum Gasteiger partial charge on any atom is 0.240 e. The quantitative estimate of drug-likeness (QED) is 0.313. The first-order chi connectivity index (χ1) is 17.0. The number of aromatic amines is 1. The second-order valence-corrected chi connectivity index (χ2v) is 8.84. The van der Waals surface area contributed by atoms with E-state index in [4.69, 9.17) is 5.73 Å². The van der Waals surface area contributed by atoms with Crippen LogP contribution in [0.3, 0.4) is 0 Å². The van der Waals surface area contributed by atoms with E-state index in [1.165, 1.54) is 0 Å². The van der Waals surface area contributed by atoms with Gasteiger partial charge in [0, 0.05) is 36.6 Å². The molecule has 2 atom stereocenters. The van der Waals surface area contributed by atoms with Crippen LogP contribution in [0, 0.1) is 0 Å². The molecule has 0 bridgehead atoms. The van der Waals surface area contributed by atoms with Gasteiger partial charge in [0.25, 0.3) is 0 Å². The van der Waals surface area contributed by atoms with Crippen LogP contribution in [0.4, 0.5) is 0 Å². The highest BCUT2D eigenvalue weighted by Crippen LogP contribution is 2.21. The van der Waals surface area contributed by atoms with Crippen molar-refractivity contribution in [1.29, 1.82) is 0 Å². The summed E-state index contributed by atoms with van der Waals surface area (Å²) in [6, 6.07) is 26.6. The summed E-state index contributed by atoms with van der Waals surface area (Å²) in [6.07, 6.45) is 2.89. The van der Waals surface area contributed by atoms with Crippen molar-refractivity contribution in [3.63, 3.8) is 0 Å². The maximum absolute atomic E-state index is 13.7. The van der Waals surface area contributed by atoms with Crippen LogP contribution in [0.5, 0.6) is 0 Å². The molecule has 1 aromatic heterocycles. The SMILES string of the molecule is C[C@H](NCc1ccccc1)C(=O)N(CCc1ccccc1)[C@H](Cc1c[nH]c2ccccc12)C(N)=O. The number of para-hydroxylation sites is 1. The molecule has 4 rings (SSSR count). The number of benzene rings is 3. The third kappa shape index (κ3) is 6.16. The molecular weight excluding hydrogens is 436 g/mol. The first kappa shape index (κ1) is 24.2. The van der Waals surface area contributed by atoms with Gasteiger partial charge in [0.1, 0.15) is 6.04 Å². The summed E-state index contributed by atoms with van der Waals surface area (Å²) in [7, 11) is 0. The molecule has 0 unspecified atom stereocenters. The van der Waals surface area contributed by atoms with E-state index >= 15 is 0 Å². The number of rotatable bonds is 11. The fourth-order valence-corrected chi connectivity index (χ4v) is 4.39. The second kappa shape index (κ2) is 11.5. The van der Waals surface area contributed by atoms with Crippen LogP contribution >= 0.6 is 0 Å². The van der Waals surface area contributed by atoms with Crippen LogP contribution in [0.2, 0.25) is 0 Å². The Bertz CT molecular complexity index is 1250. The van der Waals surface area contributed by atoms with Gasteiger partial charge in [-0.3, -0.25) is 9.59 Å². The van der Waals surface area contributed by atoms with Gasteiger partial charge >= 0.3 is 0 Å². The van der Waals surface area contributed by atoms with Gasteiger partial charge in [0.2, 0.25) is 11.8 Å². The third-order valence-corrected chi connectivity index (χ3v) is 6.39. The number of primary amides is 1. The number of carbonyl (C=O) groups is 2. The second-order valence-electron chi connectivity index (χ2n) is 8.84. The monoisotopic (exact) mass is 468 g/mol. The van der Waals surface area contributed by atoms with Crippen LogP contribution < -0.4 is 11.1 Å². The number of carbonyl (C=O) groups excluding carboxylic acids is 2. The molecule has 0 aliphatic carbocycles. The molecule has 3 aromatic carbocycles. The average molecular weight is 469 g/mol. The zero-order chi connectivity index (χ0) is 24.6. The number of H-pyrrole nitrogens is 1. The van der Waals surface area contributed by atoms with Gasteiger partial charge < -0.3 is 20.9 Å². The van der Waals surface area contributed by atoms with Crippen molar-refractivity contribution < 1.29 is 9.59 Å². The predicted molar refractivity (Wildman–Crippen MR) is 140 cm³/mol. The molecule has 2 amide bonds. The fourth-order valence-electron chi connectivity index (χ4n) is 4.39. The Hall–Kier alpha value is -3.90. The molecule has 4 N–H and O–H groups in total. The van der Waals surface area contributed by atoms with Crippen LogP contribution in [0.25, 0.3) is 10.9 Å². The zero-order valence-corrected chi connectivity index (χ0v) is 20.0. The number of fused-ring (bicyclic) bond motifs is 1. The Morgan fingerprint density at radius 2 is 1.54 bits per heavy atom. The van der Waals surface area contributed by atoms with E-state index in [0.717, 1.165) is 27.6 Å². The molecule has 0 aliphatic rings. The lowest BCUT2D eigenvalue weighted by Gasteiger charge is -2.32. The predicted octanol–water partition coefficient (Wildman–Crippen LogP) is 3.81. The molecule has 6 heteroatoms. The minimum atomic E-state index is -0.758.